The van der Waals surface area contributed by atoms with E-state index in [0.717, 1.165) is 12.8 Å². The molecule has 0 heterocycles. The molecule has 2 atom stereocenters. The molecule has 0 aliphatic heterocycles. The van der Waals surface area contributed by atoms with Crippen LogP contribution in [-0.2, 0) is 11.2 Å². The number of hydrogen-bond acceptors (Lipinski definition) is 3. The highest BCUT2D eigenvalue weighted by Crippen LogP contribution is 2.34. The van der Waals surface area contributed by atoms with Gasteiger partial charge in [0.15, 0.2) is 0 Å². The number of nitrogens with one attached hydrogen (secondary N) is 1. The summed E-state index contributed by atoms with van der Waals surface area (Å²) < 4.78 is 5.21. The number of rotatable bonds is 3. The van der Waals surface area contributed by atoms with Gasteiger partial charge < -0.3 is 15.8 Å². The molecule has 0 spiro atoms. The van der Waals surface area contributed by atoms with Crippen LogP contribution in [0, 0.1) is 0 Å². The summed E-state index contributed by atoms with van der Waals surface area (Å²) >= 11 is 0. The topological polar surface area (TPSA) is 64.3 Å². The Hall–Kier alpha value is -1.55. The van der Waals surface area contributed by atoms with E-state index in [1.807, 2.05) is 26.8 Å². The van der Waals surface area contributed by atoms with Gasteiger partial charge in [0.2, 0.25) is 0 Å². The molecule has 2 unspecified atom stereocenters. The summed E-state index contributed by atoms with van der Waals surface area (Å²) in [4.78, 5) is 11.6. The Morgan fingerprint density at radius 1 is 1.45 bits per heavy atom. The molecule has 1 aromatic carbocycles. The Bertz CT molecular complexity index is 480. The van der Waals surface area contributed by atoms with Crippen LogP contribution in [0.1, 0.15) is 44.2 Å². The Labute approximate surface area is 120 Å². The molecule has 0 saturated heterocycles. The maximum atomic E-state index is 11.6. The van der Waals surface area contributed by atoms with Crippen molar-refractivity contribution < 1.29 is 9.53 Å². The Kier molecular flexibility index (Phi) is 4.33. The van der Waals surface area contributed by atoms with Crippen molar-refractivity contribution in [2.75, 3.05) is 6.54 Å². The van der Waals surface area contributed by atoms with Gasteiger partial charge in [-0.2, -0.15) is 0 Å². The third-order valence-electron chi connectivity index (χ3n) is 3.58. The maximum Gasteiger partial charge on any atom is 0.407 e. The summed E-state index contributed by atoms with van der Waals surface area (Å²) in [6.45, 7) is 5.98. The van der Waals surface area contributed by atoms with Gasteiger partial charge in [0, 0.05) is 18.5 Å². The van der Waals surface area contributed by atoms with Crippen LogP contribution in [-0.4, -0.2) is 24.3 Å². The Balaban J connectivity index is 1.88. The first-order valence-electron chi connectivity index (χ1n) is 7.17. The third-order valence-corrected chi connectivity index (χ3v) is 3.58. The Morgan fingerprint density at radius 2 is 2.15 bits per heavy atom. The van der Waals surface area contributed by atoms with E-state index in [1.54, 1.807) is 0 Å². The average molecular weight is 276 g/mol. The summed E-state index contributed by atoms with van der Waals surface area (Å²) in [5.74, 6) is 0.320. The van der Waals surface area contributed by atoms with E-state index in [0.29, 0.717) is 12.5 Å². The van der Waals surface area contributed by atoms with Gasteiger partial charge in [0.05, 0.1) is 0 Å². The molecule has 0 radical (unpaired) electrons. The van der Waals surface area contributed by atoms with Crippen LogP contribution >= 0.6 is 0 Å². The van der Waals surface area contributed by atoms with Crippen LogP contribution in [0.4, 0.5) is 4.79 Å². The number of aryl methyl sites for hydroxylation is 1. The molecule has 3 N–H and O–H groups in total. The maximum absolute atomic E-state index is 11.6. The number of hydrogen-bond donors (Lipinski definition) is 2. The van der Waals surface area contributed by atoms with Crippen molar-refractivity contribution in [1.82, 2.24) is 5.32 Å². The highest BCUT2D eigenvalue weighted by molar-refractivity contribution is 5.67. The molecular formula is C16H24N2O2. The van der Waals surface area contributed by atoms with Crippen molar-refractivity contribution in [3.63, 3.8) is 0 Å². The van der Waals surface area contributed by atoms with Gasteiger partial charge >= 0.3 is 6.09 Å². The van der Waals surface area contributed by atoms with Gasteiger partial charge in [-0.05, 0) is 44.7 Å². The van der Waals surface area contributed by atoms with Crippen LogP contribution in [0.15, 0.2) is 24.3 Å². The second-order valence-corrected chi connectivity index (χ2v) is 6.39. The molecule has 1 aliphatic rings. The van der Waals surface area contributed by atoms with E-state index in [-0.39, 0.29) is 6.04 Å². The predicted molar refractivity (Wildman–Crippen MR) is 79.7 cm³/mol. The highest BCUT2D eigenvalue weighted by Gasteiger charge is 2.27. The fraction of sp³-hybridized carbons (Fsp3) is 0.562. The molecule has 0 bridgehead atoms. The molecule has 20 heavy (non-hydrogen) atoms. The summed E-state index contributed by atoms with van der Waals surface area (Å²) in [7, 11) is 0. The van der Waals surface area contributed by atoms with E-state index < -0.39 is 11.7 Å². The molecule has 1 amide bonds. The molecule has 4 nitrogen and oxygen atoms in total. The number of carbonyl (C=O) groups excluding carboxylic acids is 1. The first-order chi connectivity index (χ1) is 9.37. The lowest BCUT2D eigenvalue weighted by Crippen LogP contribution is -2.42. The van der Waals surface area contributed by atoms with Crippen molar-refractivity contribution in [2.24, 2.45) is 5.73 Å². The molecule has 1 aliphatic carbocycles. The van der Waals surface area contributed by atoms with E-state index in [4.69, 9.17) is 10.5 Å². The SMILES string of the molecule is CC(C)(C)OC(=O)NCC(N)C1CCc2ccccc21. The molecule has 2 rings (SSSR count). The van der Waals surface area contributed by atoms with Crippen LogP contribution in [0.2, 0.25) is 0 Å². The van der Waals surface area contributed by atoms with E-state index in [9.17, 15) is 4.79 Å². The molecule has 0 saturated carbocycles. The van der Waals surface area contributed by atoms with Crippen molar-refractivity contribution in [3.05, 3.63) is 35.4 Å². The lowest BCUT2D eigenvalue weighted by atomic mass is 9.94. The van der Waals surface area contributed by atoms with Gasteiger partial charge in [0.1, 0.15) is 5.60 Å². The molecule has 110 valence electrons. The van der Waals surface area contributed by atoms with Crippen molar-refractivity contribution >= 4 is 6.09 Å². The second-order valence-electron chi connectivity index (χ2n) is 6.39. The fourth-order valence-corrected chi connectivity index (χ4v) is 2.69. The van der Waals surface area contributed by atoms with Crippen LogP contribution in [0.5, 0.6) is 0 Å². The van der Waals surface area contributed by atoms with Gasteiger partial charge in [-0.1, -0.05) is 24.3 Å². The molecule has 0 fully saturated rings. The molecule has 1 aromatic rings. The zero-order chi connectivity index (χ0) is 14.8. The van der Waals surface area contributed by atoms with E-state index in [2.05, 4.69) is 23.5 Å². The Morgan fingerprint density at radius 3 is 2.85 bits per heavy atom. The average Bonchev–Trinajstić information content (AvgIpc) is 2.78. The minimum atomic E-state index is -0.478. The number of ether oxygens (including phenoxy) is 1. The normalized spacial score (nSPS) is 19.3. The van der Waals surface area contributed by atoms with Gasteiger partial charge in [-0.25, -0.2) is 4.79 Å². The van der Waals surface area contributed by atoms with E-state index >= 15 is 0 Å². The summed E-state index contributed by atoms with van der Waals surface area (Å²) in [5.41, 5.74) is 8.46. The van der Waals surface area contributed by atoms with Crippen LogP contribution in [0.3, 0.4) is 0 Å². The zero-order valence-corrected chi connectivity index (χ0v) is 12.5. The highest BCUT2D eigenvalue weighted by atomic mass is 16.6. The zero-order valence-electron chi connectivity index (χ0n) is 12.5. The number of benzene rings is 1. The fourth-order valence-electron chi connectivity index (χ4n) is 2.69. The first kappa shape index (κ1) is 14.9. The smallest absolute Gasteiger partial charge is 0.407 e. The second kappa shape index (κ2) is 5.83. The van der Waals surface area contributed by atoms with Crippen molar-refractivity contribution in [1.29, 1.82) is 0 Å². The monoisotopic (exact) mass is 276 g/mol. The first-order valence-corrected chi connectivity index (χ1v) is 7.17. The van der Waals surface area contributed by atoms with E-state index in [1.165, 1.54) is 11.1 Å². The number of fused-ring (bicyclic) bond motifs is 1. The van der Waals surface area contributed by atoms with Crippen molar-refractivity contribution in [2.45, 2.75) is 51.2 Å². The molecular weight excluding hydrogens is 252 g/mol. The largest absolute Gasteiger partial charge is 0.444 e. The standard InChI is InChI=1S/C16H24N2O2/c1-16(2,3)20-15(19)18-10-14(17)13-9-8-11-6-4-5-7-12(11)13/h4-7,13-14H,8-10,17H2,1-3H3,(H,18,19). The van der Waals surface area contributed by atoms with Crippen LogP contribution in [0.25, 0.3) is 0 Å². The van der Waals surface area contributed by atoms with Gasteiger partial charge in [-0.15, -0.1) is 0 Å². The summed E-state index contributed by atoms with van der Waals surface area (Å²) in [5, 5.41) is 2.76. The molecule has 0 aromatic heterocycles. The van der Waals surface area contributed by atoms with Crippen LogP contribution < -0.4 is 11.1 Å². The number of alkyl carbamates (subject to hydrolysis) is 1. The summed E-state index contributed by atoms with van der Waals surface area (Å²) in [6.07, 6.45) is 1.72. The van der Waals surface area contributed by atoms with Crippen molar-refractivity contribution in [3.8, 4) is 0 Å². The lowest BCUT2D eigenvalue weighted by Gasteiger charge is -2.23. The lowest BCUT2D eigenvalue weighted by molar-refractivity contribution is 0.0523. The third kappa shape index (κ3) is 3.73. The summed E-state index contributed by atoms with van der Waals surface area (Å²) in [6, 6.07) is 8.33. The number of amides is 1. The predicted octanol–water partition coefficient (Wildman–Crippen LogP) is 2.57. The number of nitrogens with two attached hydrogens (primary N) is 1. The number of carbonyl (C=O) groups is 1. The minimum Gasteiger partial charge on any atom is -0.444 e. The quantitative estimate of drug-likeness (QED) is 0.891. The molecule has 4 heteroatoms. The minimum absolute atomic E-state index is 0.0776. The van der Waals surface area contributed by atoms with Gasteiger partial charge in [0.25, 0.3) is 0 Å². The van der Waals surface area contributed by atoms with Gasteiger partial charge in [-0.3, -0.25) is 0 Å².